The number of aliphatic carboxylic acids is 1. The Labute approximate surface area is 199 Å². The minimum absolute atomic E-state index is 0.244. The first-order valence-corrected chi connectivity index (χ1v) is 11.6. The van der Waals surface area contributed by atoms with Gasteiger partial charge in [0, 0.05) is 31.8 Å². The Morgan fingerprint density at radius 2 is 1.76 bits per heavy atom. The summed E-state index contributed by atoms with van der Waals surface area (Å²) in [5.41, 5.74) is 1.62. The number of carbonyl (C=O) groups excluding carboxylic acids is 1. The van der Waals surface area contributed by atoms with Gasteiger partial charge in [0.2, 0.25) is 0 Å². The van der Waals surface area contributed by atoms with E-state index in [-0.39, 0.29) is 6.42 Å². The summed E-state index contributed by atoms with van der Waals surface area (Å²) in [6.45, 7) is 0. The van der Waals surface area contributed by atoms with Crippen molar-refractivity contribution in [2.24, 2.45) is 0 Å². The number of benzene rings is 2. The lowest BCUT2D eigenvalue weighted by molar-refractivity contribution is -0.137. The Bertz CT molecular complexity index is 1160. The number of hydrogen-bond donors (Lipinski definition) is 2. The zero-order valence-corrected chi connectivity index (χ0v) is 19.5. The fourth-order valence-corrected chi connectivity index (χ4v) is 4.23. The zero-order chi connectivity index (χ0) is 24.1. The van der Waals surface area contributed by atoms with Gasteiger partial charge >= 0.3 is 12.1 Å². The average Bonchev–Trinajstić information content (AvgIpc) is 2.85. The van der Waals surface area contributed by atoms with Crippen molar-refractivity contribution in [3.05, 3.63) is 59.9 Å². The first-order chi connectivity index (χ1) is 16.4. The quantitative estimate of drug-likeness (QED) is 0.517. The van der Waals surface area contributed by atoms with Crippen molar-refractivity contribution in [1.82, 2.24) is 14.9 Å². The van der Waals surface area contributed by atoms with Crippen molar-refractivity contribution < 1.29 is 19.4 Å². The molecule has 1 atom stereocenters. The van der Waals surface area contributed by atoms with Crippen molar-refractivity contribution in [2.75, 3.05) is 19.4 Å². The zero-order valence-electron chi connectivity index (χ0n) is 19.5. The van der Waals surface area contributed by atoms with Crippen LogP contribution in [0, 0.1) is 0 Å². The van der Waals surface area contributed by atoms with Gasteiger partial charge in [-0.3, -0.25) is 0 Å². The number of carbonyl (C=O) groups is 2. The van der Waals surface area contributed by atoms with Crippen LogP contribution in [0.2, 0.25) is 0 Å². The molecule has 0 aliphatic heterocycles. The highest BCUT2D eigenvalue weighted by Crippen LogP contribution is 2.33. The third-order valence-electron chi connectivity index (χ3n) is 6.13. The molecule has 0 spiro atoms. The van der Waals surface area contributed by atoms with E-state index in [1.165, 1.54) is 24.2 Å². The molecule has 1 fully saturated rings. The summed E-state index contributed by atoms with van der Waals surface area (Å²) < 4.78 is 5.24. The number of ether oxygens (including phenoxy) is 1. The van der Waals surface area contributed by atoms with Crippen LogP contribution in [-0.4, -0.2) is 52.2 Å². The summed E-state index contributed by atoms with van der Waals surface area (Å²) in [5, 5.41) is 13.9. The molecule has 1 heterocycles. The molecule has 0 radical (unpaired) electrons. The number of amides is 1. The van der Waals surface area contributed by atoms with Gasteiger partial charge in [-0.05, 0) is 42.7 Å². The van der Waals surface area contributed by atoms with Gasteiger partial charge in [-0.2, -0.15) is 0 Å². The summed E-state index contributed by atoms with van der Waals surface area (Å²) in [4.78, 5) is 34.8. The van der Waals surface area contributed by atoms with Gasteiger partial charge in [-0.1, -0.05) is 43.5 Å². The molecule has 0 bridgehead atoms. The largest absolute Gasteiger partial charge is 0.480 e. The molecule has 1 saturated carbocycles. The summed E-state index contributed by atoms with van der Waals surface area (Å²) in [6, 6.07) is 13.7. The van der Waals surface area contributed by atoms with Crippen LogP contribution in [0.5, 0.6) is 5.75 Å². The molecule has 8 nitrogen and oxygen atoms in total. The van der Waals surface area contributed by atoms with Crippen LogP contribution in [0.15, 0.2) is 48.5 Å². The molecule has 1 amide bonds. The molecule has 3 aromatic rings. The highest BCUT2D eigenvalue weighted by atomic mass is 16.6. The van der Waals surface area contributed by atoms with E-state index in [2.05, 4.69) is 5.32 Å². The predicted molar refractivity (Wildman–Crippen MR) is 130 cm³/mol. The molecule has 2 aromatic carbocycles. The van der Waals surface area contributed by atoms with Gasteiger partial charge in [0.1, 0.15) is 23.4 Å². The summed E-state index contributed by atoms with van der Waals surface area (Å²) in [6.07, 6.45) is 5.47. The lowest BCUT2D eigenvalue weighted by Gasteiger charge is -2.22. The van der Waals surface area contributed by atoms with Crippen LogP contribution in [0.1, 0.15) is 49.4 Å². The molecule has 1 aliphatic rings. The molecular formula is C26H30N4O4. The van der Waals surface area contributed by atoms with Crippen molar-refractivity contribution in [3.63, 3.8) is 0 Å². The molecule has 0 unspecified atom stereocenters. The van der Waals surface area contributed by atoms with E-state index in [1.54, 1.807) is 38.4 Å². The van der Waals surface area contributed by atoms with Crippen molar-refractivity contribution in [1.29, 1.82) is 0 Å². The van der Waals surface area contributed by atoms with Crippen LogP contribution in [0.3, 0.4) is 0 Å². The van der Waals surface area contributed by atoms with E-state index in [9.17, 15) is 14.7 Å². The van der Waals surface area contributed by atoms with Gasteiger partial charge in [-0.25, -0.2) is 19.6 Å². The monoisotopic (exact) mass is 462 g/mol. The van der Waals surface area contributed by atoms with Gasteiger partial charge in [0.15, 0.2) is 0 Å². The summed E-state index contributed by atoms with van der Waals surface area (Å²) in [7, 11) is 3.21. The maximum atomic E-state index is 12.1. The second kappa shape index (κ2) is 10.5. The van der Waals surface area contributed by atoms with Crippen molar-refractivity contribution in [2.45, 2.75) is 50.5 Å². The fraction of sp³-hybridized carbons (Fsp3) is 0.385. The van der Waals surface area contributed by atoms with E-state index < -0.39 is 18.1 Å². The second-order valence-electron chi connectivity index (χ2n) is 8.93. The van der Waals surface area contributed by atoms with E-state index in [1.807, 2.05) is 24.3 Å². The van der Waals surface area contributed by atoms with E-state index >= 15 is 0 Å². The Balaban J connectivity index is 1.56. The molecule has 178 valence electrons. The number of hydrogen-bond acceptors (Lipinski definition) is 6. The van der Waals surface area contributed by atoms with E-state index in [4.69, 9.17) is 14.7 Å². The lowest BCUT2D eigenvalue weighted by Crippen LogP contribution is -2.32. The molecule has 8 heteroatoms. The van der Waals surface area contributed by atoms with Crippen LogP contribution < -0.4 is 10.1 Å². The van der Waals surface area contributed by atoms with Crippen molar-refractivity contribution in [3.8, 4) is 5.75 Å². The minimum atomic E-state index is -0.968. The SMILES string of the molecule is CN(C)C(=O)Oc1ccc(C[C@H](Nc2nc(C3CCCCC3)nc3ccccc23)C(=O)O)cc1. The summed E-state index contributed by atoms with van der Waals surface area (Å²) in [5.74, 6) is 1.08. The lowest BCUT2D eigenvalue weighted by atomic mass is 9.88. The van der Waals surface area contributed by atoms with Crippen LogP contribution in [0.4, 0.5) is 10.6 Å². The first-order valence-electron chi connectivity index (χ1n) is 11.6. The van der Waals surface area contributed by atoms with E-state index in [0.717, 1.165) is 35.1 Å². The number of aromatic nitrogens is 2. The normalized spacial score (nSPS) is 15.0. The topological polar surface area (TPSA) is 105 Å². The number of anilines is 1. The molecule has 34 heavy (non-hydrogen) atoms. The molecular weight excluding hydrogens is 432 g/mol. The molecule has 1 aliphatic carbocycles. The Hall–Kier alpha value is -3.68. The van der Waals surface area contributed by atoms with Gasteiger partial charge in [0.25, 0.3) is 0 Å². The Morgan fingerprint density at radius 3 is 2.44 bits per heavy atom. The van der Waals surface area contributed by atoms with Crippen LogP contribution >= 0.6 is 0 Å². The van der Waals surface area contributed by atoms with Crippen LogP contribution in [0.25, 0.3) is 10.9 Å². The van der Waals surface area contributed by atoms with Crippen LogP contribution in [-0.2, 0) is 11.2 Å². The standard InChI is InChI=1S/C26H30N4O4/c1-30(2)26(33)34-19-14-12-17(13-15-19)16-22(25(31)32)28-24-20-10-6-7-11-21(20)27-23(29-24)18-8-4-3-5-9-18/h6-7,10-15,18,22H,3-5,8-9,16H2,1-2H3,(H,31,32)(H,27,28,29)/t22-/m0/s1. The molecule has 4 rings (SSSR count). The molecule has 0 saturated heterocycles. The number of carboxylic acid groups (broad SMARTS) is 1. The first kappa shape index (κ1) is 23.5. The second-order valence-corrected chi connectivity index (χ2v) is 8.93. The van der Waals surface area contributed by atoms with E-state index in [0.29, 0.717) is 17.5 Å². The maximum absolute atomic E-state index is 12.1. The highest BCUT2D eigenvalue weighted by Gasteiger charge is 2.23. The smallest absolute Gasteiger partial charge is 0.414 e. The predicted octanol–water partition coefficient (Wildman–Crippen LogP) is 4.85. The third-order valence-corrected chi connectivity index (χ3v) is 6.13. The Morgan fingerprint density at radius 1 is 1.06 bits per heavy atom. The fourth-order valence-electron chi connectivity index (χ4n) is 4.23. The third kappa shape index (κ3) is 5.62. The number of para-hydroxylation sites is 1. The number of nitrogens with zero attached hydrogens (tertiary/aromatic N) is 3. The number of rotatable bonds is 7. The molecule has 1 aromatic heterocycles. The summed E-state index contributed by atoms with van der Waals surface area (Å²) >= 11 is 0. The molecule has 2 N–H and O–H groups in total. The number of carboxylic acids is 1. The number of nitrogens with one attached hydrogen (secondary N) is 1. The van der Waals surface area contributed by atoms with Gasteiger partial charge in [-0.15, -0.1) is 0 Å². The van der Waals surface area contributed by atoms with Gasteiger partial charge in [0.05, 0.1) is 5.52 Å². The van der Waals surface area contributed by atoms with Gasteiger partial charge < -0.3 is 20.1 Å². The van der Waals surface area contributed by atoms with Crippen molar-refractivity contribution >= 4 is 28.8 Å². The highest BCUT2D eigenvalue weighted by molar-refractivity contribution is 5.91. The Kier molecular flexibility index (Phi) is 7.25. The maximum Gasteiger partial charge on any atom is 0.414 e. The average molecular weight is 463 g/mol. The minimum Gasteiger partial charge on any atom is -0.480 e. The number of fused-ring (bicyclic) bond motifs is 1.